The molecule has 0 atom stereocenters. The molecular weight excluding hydrogens is 222 g/mol. The molecule has 1 heterocycles. The fraction of sp³-hybridized carbons (Fsp3) is 0. The summed E-state index contributed by atoms with van der Waals surface area (Å²) < 4.78 is 0. The maximum atomic E-state index is 4.33. The molecule has 0 aliphatic carbocycles. The third kappa shape index (κ3) is 2.11. The van der Waals surface area contributed by atoms with E-state index in [0.29, 0.717) is 0 Å². The molecule has 0 N–H and O–H groups in total. The van der Waals surface area contributed by atoms with Gasteiger partial charge in [-0.3, -0.25) is 0 Å². The van der Waals surface area contributed by atoms with Crippen LogP contribution in [0, 0.1) is 0 Å². The smallest absolute Gasteiger partial charge is 0.0622 e. The molecule has 3 heteroatoms. The first kappa shape index (κ1) is 10.6. The van der Waals surface area contributed by atoms with Gasteiger partial charge in [-0.2, -0.15) is 0 Å². The summed E-state index contributed by atoms with van der Waals surface area (Å²) in [6.45, 7) is 0. The molecule has 3 rings (SSSR count). The van der Waals surface area contributed by atoms with E-state index < -0.39 is 0 Å². The van der Waals surface area contributed by atoms with Crippen molar-refractivity contribution in [1.29, 1.82) is 0 Å². The molecule has 0 aliphatic heterocycles. The van der Waals surface area contributed by atoms with E-state index in [0.717, 1.165) is 16.8 Å². The van der Waals surface area contributed by atoms with Crippen molar-refractivity contribution >= 4 is 0 Å². The van der Waals surface area contributed by atoms with Crippen molar-refractivity contribution in [3.8, 4) is 16.8 Å². The molecule has 3 aromatic rings. The van der Waals surface area contributed by atoms with Gasteiger partial charge >= 0.3 is 0 Å². The number of nitrogens with zero attached hydrogens (tertiary/aromatic N) is 3. The fourth-order valence-electron chi connectivity index (χ4n) is 1.77. The first-order valence-corrected chi connectivity index (χ1v) is 5.79. The normalized spacial score (nSPS) is 10.2. The average Bonchev–Trinajstić information content (AvgIpc) is 2.49. The van der Waals surface area contributed by atoms with Gasteiger partial charge < -0.3 is 0 Å². The lowest BCUT2D eigenvalue weighted by molar-refractivity contribution is -0.719. The summed E-state index contributed by atoms with van der Waals surface area (Å²) in [5.74, 6) is 0. The highest BCUT2D eigenvalue weighted by atomic mass is 15.4. The largest absolute Gasteiger partial charge is 0.268 e. The molecule has 0 amide bonds. The molecule has 1 aromatic heterocycles. The van der Waals surface area contributed by atoms with Crippen LogP contribution in [-0.4, -0.2) is 10.2 Å². The maximum Gasteiger partial charge on any atom is 0.268 e. The number of benzene rings is 2. The lowest BCUT2D eigenvalue weighted by Gasteiger charge is -1.97. The first-order valence-electron chi connectivity index (χ1n) is 5.79. The Morgan fingerprint density at radius 1 is 0.611 bits per heavy atom. The summed E-state index contributed by atoms with van der Waals surface area (Å²) in [6.07, 6.45) is 3.66. The molecule has 0 radical (unpaired) electrons. The van der Waals surface area contributed by atoms with E-state index >= 15 is 0 Å². The minimum Gasteiger partial charge on any atom is -0.0622 e. The number of para-hydroxylation sites is 1. The molecule has 2 aromatic carbocycles. The summed E-state index contributed by atoms with van der Waals surface area (Å²) in [6, 6.07) is 20.0. The van der Waals surface area contributed by atoms with E-state index in [1.165, 1.54) is 0 Å². The van der Waals surface area contributed by atoms with Gasteiger partial charge in [-0.15, -0.1) is 0 Å². The summed E-state index contributed by atoms with van der Waals surface area (Å²) in [7, 11) is 0. The van der Waals surface area contributed by atoms with Gasteiger partial charge in [-0.05, 0) is 5.56 Å². The van der Waals surface area contributed by atoms with Gasteiger partial charge in [0, 0.05) is 27.9 Å². The zero-order chi connectivity index (χ0) is 12.2. The Labute approximate surface area is 105 Å². The Morgan fingerprint density at radius 2 is 1.17 bits per heavy atom. The molecule has 0 saturated heterocycles. The molecule has 86 valence electrons. The van der Waals surface area contributed by atoms with Crippen LogP contribution in [0.4, 0.5) is 0 Å². The second-order valence-electron chi connectivity index (χ2n) is 3.94. The highest BCUT2D eigenvalue weighted by molar-refractivity contribution is 5.60. The standard InChI is InChI=1S/C15H12N3/c1-3-7-13(8-4-1)14-11-16-18(17-12-14)15-9-5-2-6-10-15/h1-12H/q+1. The quantitative estimate of drug-likeness (QED) is 0.637. The number of hydrogen-bond acceptors (Lipinski definition) is 2. The minimum absolute atomic E-state index is 0.956. The monoisotopic (exact) mass is 234 g/mol. The minimum atomic E-state index is 0.956. The van der Waals surface area contributed by atoms with E-state index in [1.807, 2.05) is 73.1 Å². The van der Waals surface area contributed by atoms with Crippen LogP contribution >= 0.6 is 0 Å². The van der Waals surface area contributed by atoms with Gasteiger partial charge in [0.25, 0.3) is 5.69 Å². The van der Waals surface area contributed by atoms with Gasteiger partial charge in [-0.25, -0.2) is 0 Å². The van der Waals surface area contributed by atoms with Crippen molar-refractivity contribution < 1.29 is 4.80 Å². The highest BCUT2D eigenvalue weighted by Gasteiger charge is 2.09. The van der Waals surface area contributed by atoms with Crippen LogP contribution in [-0.2, 0) is 0 Å². The molecule has 0 unspecified atom stereocenters. The van der Waals surface area contributed by atoms with Gasteiger partial charge in [0.15, 0.2) is 0 Å². The number of rotatable bonds is 2. The van der Waals surface area contributed by atoms with Crippen LogP contribution in [0.3, 0.4) is 0 Å². The second-order valence-corrected chi connectivity index (χ2v) is 3.94. The lowest BCUT2D eigenvalue weighted by Crippen LogP contribution is -2.38. The van der Waals surface area contributed by atoms with Crippen LogP contribution < -0.4 is 4.80 Å². The van der Waals surface area contributed by atoms with Crippen LogP contribution in [0.2, 0.25) is 0 Å². The van der Waals surface area contributed by atoms with E-state index in [2.05, 4.69) is 10.2 Å². The Hall–Kier alpha value is -2.55. The zero-order valence-electron chi connectivity index (χ0n) is 9.77. The second kappa shape index (κ2) is 4.75. The predicted octanol–water partition coefficient (Wildman–Crippen LogP) is 2.42. The summed E-state index contributed by atoms with van der Waals surface area (Å²) in [4.78, 5) is 1.62. The average molecular weight is 234 g/mol. The number of aromatic nitrogens is 3. The van der Waals surface area contributed by atoms with Crippen LogP contribution in [0.25, 0.3) is 16.8 Å². The van der Waals surface area contributed by atoms with Crippen molar-refractivity contribution in [3.63, 3.8) is 0 Å². The van der Waals surface area contributed by atoms with E-state index in [-0.39, 0.29) is 0 Å². The van der Waals surface area contributed by atoms with E-state index in [1.54, 1.807) is 4.80 Å². The third-order valence-corrected chi connectivity index (χ3v) is 2.71. The van der Waals surface area contributed by atoms with Gasteiger partial charge in [0.05, 0.1) is 4.80 Å². The highest BCUT2D eigenvalue weighted by Crippen LogP contribution is 2.15. The van der Waals surface area contributed by atoms with Crippen LogP contribution in [0.15, 0.2) is 73.1 Å². The van der Waals surface area contributed by atoms with Gasteiger partial charge in [0.2, 0.25) is 0 Å². The van der Waals surface area contributed by atoms with Crippen molar-refractivity contribution in [2.75, 3.05) is 0 Å². The van der Waals surface area contributed by atoms with Crippen LogP contribution in [0.5, 0.6) is 0 Å². The molecule has 0 saturated carbocycles. The molecule has 0 bridgehead atoms. The fourth-order valence-corrected chi connectivity index (χ4v) is 1.77. The molecule has 3 nitrogen and oxygen atoms in total. The van der Waals surface area contributed by atoms with Gasteiger partial charge in [0.1, 0.15) is 12.4 Å². The zero-order valence-corrected chi connectivity index (χ0v) is 9.77. The Balaban J connectivity index is 1.95. The van der Waals surface area contributed by atoms with E-state index in [4.69, 9.17) is 0 Å². The van der Waals surface area contributed by atoms with Crippen molar-refractivity contribution in [1.82, 2.24) is 10.2 Å². The van der Waals surface area contributed by atoms with Crippen molar-refractivity contribution in [3.05, 3.63) is 73.1 Å². The molecular formula is C15H12N3+. The molecule has 18 heavy (non-hydrogen) atoms. The van der Waals surface area contributed by atoms with Crippen LogP contribution in [0.1, 0.15) is 0 Å². The van der Waals surface area contributed by atoms with Crippen molar-refractivity contribution in [2.45, 2.75) is 0 Å². The first-order chi connectivity index (χ1) is 8.93. The Bertz CT molecular complexity index is 560. The summed E-state index contributed by atoms with van der Waals surface area (Å²) in [5.41, 5.74) is 3.10. The third-order valence-electron chi connectivity index (χ3n) is 2.71. The lowest BCUT2D eigenvalue weighted by atomic mass is 10.1. The topological polar surface area (TPSA) is 29.7 Å². The van der Waals surface area contributed by atoms with Gasteiger partial charge in [-0.1, -0.05) is 48.5 Å². The SMILES string of the molecule is c1ccc(-c2cn[n+](-c3ccccc3)nc2)cc1. The van der Waals surface area contributed by atoms with Crippen molar-refractivity contribution in [2.24, 2.45) is 0 Å². The predicted molar refractivity (Wildman–Crippen MR) is 69.0 cm³/mol. The Kier molecular flexibility index (Phi) is 2.80. The molecule has 0 aliphatic rings. The molecule has 0 fully saturated rings. The maximum absolute atomic E-state index is 4.33. The van der Waals surface area contributed by atoms with E-state index in [9.17, 15) is 0 Å². The summed E-state index contributed by atoms with van der Waals surface area (Å²) in [5, 5.41) is 8.66. The number of hydrogen-bond donors (Lipinski definition) is 0. The Morgan fingerprint density at radius 3 is 1.78 bits per heavy atom. The molecule has 0 spiro atoms. The summed E-state index contributed by atoms with van der Waals surface area (Å²) >= 11 is 0.